The van der Waals surface area contributed by atoms with Crippen LogP contribution >= 0.6 is 0 Å². The summed E-state index contributed by atoms with van der Waals surface area (Å²) in [6.45, 7) is 0. The lowest BCUT2D eigenvalue weighted by molar-refractivity contribution is -0.137. The summed E-state index contributed by atoms with van der Waals surface area (Å²) < 4.78 is 37.5. The van der Waals surface area contributed by atoms with Crippen LogP contribution in [-0.2, 0) is 6.18 Å². The largest absolute Gasteiger partial charge is 0.478 e. The summed E-state index contributed by atoms with van der Waals surface area (Å²) in [4.78, 5) is 21.7. The van der Waals surface area contributed by atoms with Crippen molar-refractivity contribution in [3.05, 3.63) is 29.3 Å². The minimum absolute atomic E-state index is 0.249. The number of benzene rings is 1. The quantitative estimate of drug-likeness (QED) is 0.764. The SMILES string of the molecule is CNC(=O)Nc1cc(C(=O)O)cc(C(F)(F)F)c1. The Morgan fingerprint density at radius 1 is 1.22 bits per heavy atom. The first-order valence-electron chi connectivity index (χ1n) is 4.68. The van der Waals surface area contributed by atoms with Crippen molar-refractivity contribution in [3.8, 4) is 0 Å². The predicted octanol–water partition coefficient (Wildman–Crippen LogP) is 2.15. The molecule has 0 bridgehead atoms. The number of carboxylic acid groups (broad SMARTS) is 1. The monoisotopic (exact) mass is 262 g/mol. The molecule has 0 aliphatic heterocycles. The molecule has 8 heteroatoms. The lowest BCUT2D eigenvalue weighted by atomic mass is 10.1. The predicted molar refractivity (Wildman–Crippen MR) is 56.5 cm³/mol. The van der Waals surface area contributed by atoms with E-state index in [1.807, 2.05) is 0 Å². The molecule has 0 unspecified atom stereocenters. The zero-order valence-corrected chi connectivity index (χ0v) is 9.13. The second-order valence-corrected chi connectivity index (χ2v) is 3.31. The van der Waals surface area contributed by atoms with Gasteiger partial charge in [-0.1, -0.05) is 0 Å². The maximum Gasteiger partial charge on any atom is 0.416 e. The molecule has 0 fully saturated rings. The van der Waals surface area contributed by atoms with Crippen molar-refractivity contribution in [2.45, 2.75) is 6.18 Å². The van der Waals surface area contributed by atoms with Crippen LogP contribution in [0.1, 0.15) is 15.9 Å². The molecular weight excluding hydrogens is 253 g/mol. The highest BCUT2D eigenvalue weighted by Crippen LogP contribution is 2.32. The topological polar surface area (TPSA) is 78.4 Å². The Labute approximate surface area is 99.6 Å². The van der Waals surface area contributed by atoms with Crippen LogP contribution in [0.4, 0.5) is 23.7 Å². The fraction of sp³-hybridized carbons (Fsp3) is 0.200. The number of aromatic carboxylic acids is 1. The molecule has 0 spiro atoms. The molecule has 3 N–H and O–H groups in total. The van der Waals surface area contributed by atoms with Gasteiger partial charge >= 0.3 is 18.2 Å². The van der Waals surface area contributed by atoms with Gasteiger partial charge in [0.25, 0.3) is 0 Å². The fourth-order valence-electron chi connectivity index (χ4n) is 1.18. The molecule has 2 amide bonds. The number of nitrogens with one attached hydrogen (secondary N) is 2. The Kier molecular flexibility index (Phi) is 3.79. The van der Waals surface area contributed by atoms with E-state index >= 15 is 0 Å². The number of rotatable bonds is 2. The van der Waals surface area contributed by atoms with Crippen LogP contribution in [0, 0.1) is 0 Å². The first-order chi connectivity index (χ1) is 8.24. The van der Waals surface area contributed by atoms with Crippen LogP contribution in [0.15, 0.2) is 18.2 Å². The Bertz CT molecular complexity index is 486. The van der Waals surface area contributed by atoms with Crippen molar-refractivity contribution in [2.75, 3.05) is 12.4 Å². The van der Waals surface area contributed by atoms with Gasteiger partial charge in [0, 0.05) is 12.7 Å². The van der Waals surface area contributed by atoms with Crippen LogP contribution in [0.2, 0.25) is 0 Å². The van der Waals surface area contributed by atoms with Crippen molar-refractivity contribution in [2.24, 2.45) is 0 Å². The van der Waals surface area contributed by atoms with Crippen LogP contribution in [-0.4, -0.2) is 24.2 Å². The minimum Gasteiger partial charge on any atom is -0.478 e. The number of anilines is 1. The second kappa shape index (κ2) is 4.94. The molecule has 1 aromatic carbocycles. The van der Waals surface area contributed by atoms with E-state index in [0.29, 0.717) is 12.1 Å². The first kappa shape index (κ1) is 13.8. The lowest BCUT2D eigenvalue weighted by Crippen LogP contribution is -2.25. The summed E-state index contributed by atoms with van der Waals surface area (Å²) in [5.74, 6) is -1.51. The number of urea groups is 1. The molecule has 0 atom stereocenters. The molecule has 0 heterocycles. The van der Waals surface area contributed by atoms with Crippen LogP contribution in [0.5, 0.6) is 0 Å². The third-order valence-corrected chi connectivity index (χ3v) is 1.99. The Morgan fingerprint density at radius 3 is 2.28 bits per heavy atom. The highest BCUT2D eigenvalue weighted by molar-refractivity contribution is 5.93. The van der Waals surface area contributed by atoms with Crippen molar-refractivity contribution in [1.29, 1.82) is 0 Å². The number of halogens is 3. The van der Waals surface area contributed by atoms with Crippen LogP contribution < -0.4 is 10.6 Å². The summed E-state index contributed by atoms with van der Waals surface area (Å²) in [5.41, 5.74) is -1.95. The summed E-state index contributed by atoms with van der Waals surface area (Å²) in [7, 11) is 1.28. The van der Waals surface area contributed by atoms with Gasteiger partial charge in [-0.3, -0.25) is 0 Å². The molecule has 5 nitrogen and oxygen atoms in total. The van der Waals surface area contributed by atoms with E-state index in [4.69, 9.17) is 5.11 Å². The average molecular weight is 262 g/mol. The van der Waals surface area contributed by atoms with Gasteiger partial charge in [-0.05, 0) is 18.2 Å². The number of carbonyl (C=O) groups is 2. The van der Waals surface area contributed by atoms with E-state index < -0.39 is 29.3 Å². The Hall–Kier alpha value is -2.25. The fourth-order valence-corrected chi connectivity index (χ4v) is 1.18. The van der Waals surface area contributed by atoms with E-state index in [-0.39, 0.29) is 5.69 Å². The van der Waals surface area contributed by atoms with Crippen LogP contribution in [0.25, 0.3) is 0 Å². The molecule has 1 rings (SSSR count). The Balaban J connectivity index is 3.22. The number of alkyl halides is 3. The third kappa shape index (κ3) is 3.37. The maximum absolute atomic E-state index is 12.5. The molecule has 18 heavy (non-hydrogen) atoms. The standard InChI is InChI=1S/C10H9F3N2O3/c1-14-9(18)15-7-3-5(8(16)17)2-6(4-7)10(11,12)13/h2-4H,1H3,(H,16,17)(H2,14,15,18). The molecule has 0 aromatic heterocycles. The number of carbonyl (C=O) groups excluding carboxylic acids is 1. The van der Waals surface area contributed by atoms with Crippen LogP contribution in [0.3, 0.4) is 0 Å². The summed E-state index contributed by atoms with van der Waals surface area (Å²) in [5, 5.41) is 12.9. The van der Waals surface area contributed by atoms with Gasteiger partial charge in [-0.25, -0.2) is 9.59 Å². The van der Waals surface area contributed by atoms with Gasteiger partial charge in [0.1, 0.15) is 0 Å². The van der Waals surface area contributed by atoms with Gasteiger partial charge in [-0.2, -0.15) is 13.2 Å². The molecule has 0 saturated heterocycles. The highest BCUT2D eigenvalue weighted by atomic mass is 19.4. The highest BCUT2D eigenvalue weighted by Gasteiger charge is 2.32. The normalized spacial score (nSPS) is 10.9. The average Bonchev–Trinajstić information content (AvgIpc) is 2.27. The minimum atomic E-state index is -4.69. The summed E-state index contributed by atoms with van der Waals surface area (Å²) >= 11 is 0. The van der Waals surface area contributed by atoms with Gasteiger partial charge in [0.2, 0.25) is 0 Å². The molecule has 1 aromatic rings. The summed E-state index contributed by atoms with van der Waals surface area (Å²) in [6.07, 6.45) is -4.69. The molecule has 0 aliphatic rings. The number of hydrogen-bond acceptors (Lipinski definition) is 2. The molecule has 98 valence electrons. The van der Waals surface area contributed by atoms with Crippen molar-refractivity contribution in [3.63, 3.8) is 0 Å². The number of amides is 2. The van der Waals surface area contributed by atoms with E-state index in [1.165, 1.54) is 7.05 Å². The Morgan fingerprint density at radius 2 is 1.83 bits per heavy atom. The molecule has 0 saturated carbocycles. The van der Waals surface area contributed by atoms with Gasteiger partial charge in [0.05, 0.1) is 11.1 Å². The molecule has 0 radical (unpaired) electrons. The van der Waals surface area contributed by atoms with E-state index in [9.17, 15) is 22.8 Å². The zero-order valence-electron chi connectivity index (χ0n) is 9.13. The number of carboxylic acids is 1. The van der Waals surface area contributed by atoms with Crippen molar-refractivity contribution < 1.29 is 27.9 Å². The van der Waals surface area contributed by atoms with Gasteiger partial charge in [-0.15, -0.1) is 0 Å². The molecule has 0 aliphatic carbocycles. The number of hydrogen-bond donors (Lipinski definition) is 3. The third-order valence-electron chi connectivity index (χ3n) is 1.99. The van der Waals surface area contributed by atoms with E-state index in [0.717, 1.165) is 6.07 Å². The smallest absolute Gasteiger partial charge is 0.416 e. The second-order valence-electron chi connectivity index (χ2n) is 3.31. The zero-order chi connectivity index (χ0) is 13.9. The van der Waals surface area contributed by atoms with Gasteiger partial charge in [0.15, 0.2) is 0 Å². The lowest BCUT2D eigenvalue weighted by Gasteiger charge is -2.11. The maximum atomic E-state index is 12.5. The molecular formula is C10H9F3N2O3. The van der Waals surface area contributed by atoms with Crippen molar-refractivity contribution in [1.82, 2.24) is 5.32 Å². The van der Waals surface area contributed by atoms with Crippen molar-refractivity contribution >= 4 is 17.7 Å². The first-order valence-corrected chi connectivity index (χ1v) is 4.68. The van der Waals surface area contributed by atoms with E-state index in [1.54, 1.807) is 0 Å². The van der Waals surface area contributed by atoms with E-state index in [2.05, 4.69) is 10.6 Å². The van der Waals surface area contributed by atoms with Gasteiger partial charge < -0.3 is 15.7 Å². The summed E-state index contributed by atoms with van der Waals surface area (Å²) in [6, 6.07) is 1.34.